The molecule has 0 aliphatic carbocycles. The Kier molecular flexibility index (Phi) is 4.45. The summed E-state index contributed by atoms with van der Waals surface area (Å²) in [6, 6.07) is 11.3. The summed E-state index contributed by atoms with van der Waals surface area (Å²) >= 11 is 3.31. The molecule has 6 nitrogen and oxygen atoms in total. The zero-order valence-electron chi connectivity index (χ0n) is 13.3. The van der Waals surface area contributed by atoms with Gasteiger partial charge in [0, 0.05) is 33.9 Å². The lowest BCUT2D eigenvalue weighted by Crippen LogP contribution is -2.36. The number of ketones is 1. The standard InChI is InChI=1S/C18H15BrN2O4/c1-10(22)20-13-5-2-11(3-6-13)16(23)9-18(25)14-8-12(19)4-7-15(14)21-17(18)24/h2-8,25H,9H2,1H3,(H,20,22)(H,21,24)/t18-/m1/s1. The number of hydrogen-bond acceptors (Lipinski definition) is 4. The summed E-state index contributed by atoms with van der Waals surface area (Å²) < 4.78 is 0.702. The van der Waals surface area contributed by atoms with Crippen LogP contribution in [0.5, 0.6) is 0 Å². The molecule has 0 radical (unpaired) electrons. The summed E-state index contributed by atoms with van der Waals surface area (Å²) in [5.74, 6) is -1.21. The molecule has 0 unspecified atom stereocenters. The fourth-order valence-electron chi connectivity index (χ4n) is 2.77. The van der Waals surface area contributed by atoms with Gasteiger partial charge in [0.1, 0.15) is 0 Å². The topological polar surface area (TPSA) is 95.5 Å². The second-order valence-corrected chi connectivity index (χ2v) is 6.78. The van der Waals surface area contributed by atoms with Crippen molar-refractivity contribution in [1.29, 1.82) is 0 Å². The second kappa shape index (κ2) is 6.42. The Morgan fingerprint density at radius 1 is 1.20 bits per heavy atom. The number of amides is 2. The smallest absolute Gasteiger partial charge is 0.261 e. The molecule has 1 atom stereocenters. The molecule has 1 heterocycles. The van der Waals surface area contributed by atoms with Crippen molar-refractivity contribution in [3.63, 3.8) is 0 Å². The van der Waals surface area contributed by atoms with Crippen molar-refractivity contribution in [1.82, 2.24) is 0 Å². The molecule has 2 aromatic rings. The van der Waals surface area contributed by atoms with Crippen LogP contribution in [-0.4, -0.2) is 22.7 Å². The number of halogens is 1. The first-order valence-electron chi connectivity index (χ1n) is 7.54. The van der Waals surface area contributed by atoms with Crippen LogP contribution in [0, 0.1) is 0 Å². The van der Waals surface area contributed by atoms with E-state index in [9.17, 15) is 19.5 Å². The molecular formula is C18H15BrN2O4. The number of fused-ring (bicyclic) bond motifs is 1. The number of carbonyl (C=O) groups is 3. The lowest BCUT2D eigenvalue weighted by Gasteiger charge is -2.20. The van der Waals surface area contributed by atoms with Gasteiger partial charge in [0.2, 0.25) is 5.91 Å². The Morgan fingerprint density at radius 3 is 2.52 bits per heavy atom. The summed E-state index contributed by atoms with van der Waals surface area (Å²) in [6.45, 7) is 1.39. The molecular weight excluding hydrogens is 388 g/mol. The highest BCUT2D eigenvalue weighted by atomic mass is 79.9. The molecule has 128 valence electrons. The maximum absolute atomic E-state index is 12.5. The van der Waals surface area contributed by atoms with Crippen LogP contribution in [0.2, 0.25) is 0 Å². The van der Waals surface area contributed by atoms with E-state index in [1.54, 1.807) is 42.5 Å². The Hall–Kier alpha value is -2.51. The molecule has 1 aliphatic heterocycles. The SMILES string of the molecule is CC(=O)Nc1ccc(C(=O)C[C@]2(O)C(=O)Nc3ccc(Br)cc32)cc1. The zero-order valence-corrected chi connectivity index (χ0v) is 14.9. The third-order valence-corrected chi connectivity index (χ3v) is 4.49. The number of hydrogen-bond donors (Lipinski definition) is 3. The number of aliphatic hydroxyl groups is 1. The molecule has 0 bridgehead atoms. The maximum atomic E-state index is 12.5. The maximum Gasteiger partial charge on any atom is 0.261 e. The minimum Gasteiger partial charge on any atom is -0.375 e. The first-order valence-corrected chi connectivity index (χ1v) is 8.33. The molecule has 0 aromatic heterocycles. The Morgan fingerprint density at radius 2 is 1.88 bits per heavy atom. The molecule has 3 rings (SSSR count). The largest absolute Gasteiger partial charge is 0.375 e. The van der Waals surface area contributed by atoms with Crippen LogP contribution >= 0.6 is 15.9 Å². The summed E-state index contributed by atoms with van der Waals surface area (Å²) in [7, 11) is 0. The van der Waals surface area contributed by atoms with E-state index in [-0.39, 0.29) is 18.1 Å². The zero-order chi connectivity index (χ0) is 18.2. The van der Waals surface area contributed by atoms with Gasteiger partial charge in [-0.25, -0.2) is 0 Å². The van der Waals surface area contributed by atoms with E-state index in [0.717, 1.165) is 0 Å². The van der Waals surface area contributed by atoms with Gasteiger partial charge < -0.3 is 15.7 Å². The van der Waals surface area contributed by atoms with Gasteiger partial charge in [-0.3, -0.25) is 14.4 Å². The van der Waals surface area contributed by atoms with E-state index in [1.165, 1.54) is 6.92 Å². The van der Waals surface area contributed by atoms with Gasteiger partial charge in [-0.15, -0.1) is 0 Å². The van der Waals surface area contributed by atoms with Crippen LogP contribution in [0.4, 0.5) is 11.4 Å². The predicted molar refractivity (Wildman–Crippen MR) is 96.4 cm³/mol. The molecule has 3 N–H and O–H groups in total. The molecule has 7 heteroatoms. The Balaban J connectivity index is 1.84. The first kappa shape index (κ1) is 17.3. The van der Waals surface area contributed by atoms with Crippen LogP contribution in [0.1, 0.15) is 29.3 Å². The normalized spacial score (nSPS) is 18.4. The molecule has 0 saturated heterocycles. The molecule has 25 heavy (non-hydrogen) atoms. The first-order chi connectivity index (χ1) is 11.8. The summed E-state index contributed by atoms with van der Waals surface area (Å²) in [5.41, 5.74) is -0.138. The monoisotopic (exact) mass is 402 g/mol. The van der Waals surface area contributed by atoms with E-state index < -0.39 is 11.5 Å². The second-order valence-electron chi connectivity index (χ2n) is 5.86. The Labute approximate surface area is 152 Å². The van der Waals surface area contributed by atoms with Crippen molar-refractivity contribution in [2.45, 2.75) is 18.9 Å². The van der Waals surface area contributed by atoms with Crippen molar-refractivity contribution >= 4 is 44.9 Å². The van der Waals surface area contributed by atoms with E-state index in [0.29, 0.717) is 27.0 Å². The fourth-order valence-corrected chi connectivity index (χ4v) is 3.13. The third kappa shape index (κ3) is 3.33. The molecule has 0 fully saturated rings. The summed E-state index contributed by atoms with van der Waals surface area (Å²) in [6.07, 6.45) is -0.373. The van der Waals surface area contributed by atoms with Crippen molar-refractivity contribution < 1.29 is 19.5 Å². The minimum absolute atomic E-state index is 0.210. The number of nitrogens with one attached hydrogen (secondary N) is 2. The highest BCUT2D eigenvalue weighted by Gasteiger charge is 2.46. The van der Waals surface area contributed by atoms with Gasteiger partial charge in [-0.1, -0.05) is 15.9 Å². The average molecular weight is 403 g/mol. The molecule has 0 saturated carbocycles. The molecule has 1 aliphatic rings. The molecule has 2 aromatic carbocycles. The van der Waals surface area contributed by atoms with Crippen LogP contribution in [0.25, 0.3) is 0 Å². The summed E-state index contributed by atoms with van der Waals surface area (Å²) in [4.78, 5) is 35.8. The number of anilines is 2. The number of benzene rings is 2. The van der Waals surface area contributed by atoms with Crippen LogP contribution < -0.4 is 10.6 Å². The van der Waals surface area contributed by atoms with E-state index in [1.807, 2.05) is 0 Å². The van der Waals surface area contributed by atoms with Crippen LogP contribution in [-0.2, 0) is 15.2 Å². The number of rotatable bonds is 4. The third-order valence-electron chi connectivity index (χ3n) is 3.99. The van der Waals surface area contributed by atoms with Crippen LogP contribution in [0.3, 0.4) is 0 Å². The number of carbonyl (C=O) groups excluding carboxylic acids is 3. The average Bonchev–Trinajstić information content (AvgIpc) is 2.79. The van der Waals surface area contributed by atoms with E-state index in [2.05, 4.69) is 26.6 Å². The van der Waals surface area contributed by atoms with Gasteiger partial charge in [0.25, 0.3) is 5.91 Å². The minimum atomic E-state index is -1.91. The lowest BCUT2D eigenvalue weighted by molar-refractivity contribution is -0.133. The van der Waals surface area contributed by atoms with E-state index >= 15 is 0 Å². The predicted octanol–water partition coefficient (Wildman–Crippen LogP) is 2.82. The van der Waals surface area contributed by atoms with Crippen molar-refractivity contribution in [3.8, 4) is 0 Å². The highest BCUT2D eigenvalue weighted by Crippen LogP contribution is 2.40. The summed E-state index contributed by atoms with van der Waals surface area (Å²) in [5, 5.41) is 16.0. The molecule has 2 amide bonds. The van der Waals surface area contributed by atoms with Gasteiger partial charge in [0.15, 0.2) is 11.4 Å². The van der Waals surface area contributed by atoms with Gasteiger partial charge in [-0.2, -0.15) is 0 Å². The number of Topliss-reactive ketones (excluding diaryl/α,β-unsaturated/α-hetero) is 1. The molecule has 0 spiro atoms. The van der Waals surface area contributed by atoms with Gasteiger partial charge in [0.05, 0.1) is 6.42 Å². The van der Waals surface area contributed by atoms with Crippen molar-refractivity contribution in [2.75, 3.05) is 10.6 Å². The van der Waals surface area contributed by atoms with Gasteiger partial charge >= 0.3 is 0 Å². The fraction of sp³-hybridized carbons (Fsp3) is 0.167. The van der Waals surface area contributed by atoms with Crippen LogP contribution in [0.15, 0.2) is 46.9 Å². The Bertz CT molecular complexity index is 879. The lowest BCUT2D eigenvalue weighted by atomic mass is 9.88. The van der Waals surface area contributed by atoms with Gasteiger partial charge in [-0.05, 0) is 42.5 Å². The highest BCUT2D eigenvalue weighted by molar-refractivity contribution is 9.10. The van der Waals surface area contributed by atoms with E-state index in [4.69, 9.17) is 0 Å². The quantitative estimate of drug-likeness (QED) is 0.685. The van der Waals surface area contributed by atoms with Crippen molar-refractivity contribution in [3.05, 3.63) is 58.1 Å². The van der Waals surface area contributed by atoms with Crippen molar-refractivity contribution in [2.24, 2.45) is 0 Å².